The van der Waals surface area contributed by atoms with Crippen molar-refractivity contribution in [3.8, 4) is 0 Å². The predicted molar refractivity (Wildman–Crippen MR) is 129 cm³/mol. The van der Waals surface area contributed by atoms with Crippen LogP contribution in [-0.2, 0) is 4.79 Å². The molecule has 10 atom stereocenters. The molecule has 4 aliphatic rings. The van der Waals surface area contributed by atoms with Gasteiger partial charge in [0.15, 0.2) is 0 Å². The Balaban J connectivity index is 1.48. The first-order valence-electron chi connectivity index (χ1n) is 13.8. The van der Waals surface area contributed by atoms with Crippen molar-refractivity contribution in [3.05, 3.63) is 0 Å². The Morgan fingerprint density at radius 3 is 2.59 bits per heavy atom. The number of carbonyl (C=O) groups excluding carboxylic acids is 1. The number of aliphatic hydroxyl groups excluding tert-OH is 2. The van der Waals surface area contributed by atoms with E-state index in [0.717, 1.165) is 24.7 Å². The van der Waals surface area contributed by atoms with Crippen LogP contribution in [0.25, 0.3) is 0 Å². The Bertz CT molecular complexity index is 667. The molecule has 0 aromatic carbocycles. The monoisotopic (exact) mass is 447 g/mol. The number of fused-ring (bicyclic) bond motifs is 5. The first-order valence-corrected chi connectivity index (χ1v) is 13.8. The van der Waals surface area contributed by atoms with Crippen LogP contribution in [0.1, 0.15) is 98.3 Å². The fourth-order valence-corrected chi connectivity index (χ4v) is 9.40. The van der Waals surface area contributed by atoms with E-state index in [-0.39, 0.29) is 18.1 Å². The minimum absolute atomic E-state index is 0.0267. The topological polar surface area (TPSA) is 69.6 Å². The van der Waals surface area contributed by atoms with Gasteiger partial charge in [-0.2, -0.15) is 0 Å². The van der Waals surface area contributed by atoms with Crippen molar-refractivity contribution in [1.29, 1.82) is 0 Å². The molecule has 0 spiro atoms. The number of hydrogen-bond acceptors (Lipinski definition) is 4. The van der Waals surface area contributed by atoms with Crippen LogP contribution in [0.4, 0.5) is 0 Å². The summed E-state index contributed by atoms with van der Waals surface area (Å²) in [5.74, 6) is 4.28. The first-order chi connectivity index (χ1) is 15.3. The minimum atomic E-state index is -0.202. The van der Waals surface area contributed by atoms with Gasteiger partial charge in [-0.25, -0.2) is 0 Å². The average molecular weight is 448 g/mol. The standard InChI is InChI=1S/C28H49NO3/c1-5-21(31)8-6-18(2)23-10-11-24-22-9-7-19-16-20(29-14-15-30)12-13-27(19,3)25(22)17-26(32)28(23,24)4/h18-20,22-26,29-30,32H,5-17H2,1-4H3/t18-,19-,20-,22?,23-,24?,25?,26+,27+,28-/m1/s1. The van der Waals surface area contributed by atoms with E-state index < -0.39 is 0 Å². The van der Waals surface area contributed by atoms with Gasteiger partial charge in [0.1, 0.15) is 5.78 Å². The molecule has 4 fully saturated rings. The van der Waals surface area contributed by atoms with Crippen molar-refractivity contribution in [2.75, 3.05) is 13.2 Å². The third kappa shape index (κ3) is 4.11. The summed E-state index contributed by atoms with van der Waals surface area (Å²) in [5, 5.41) is 24.5. The second kappa shape index (κ2) is 9.66. The van der Waals surface area contributed by atoms with Gasteiger partial charge in [-0.1, -0.05) is 27.7 Å². The summed E-state index contributed by atoms with van der Waals surface area (Å²) in [6.45, 7) is 10.2. The fraction of sp³-hybridized carbons (Fsp3) is 0.964. The molecule has 0 aliphatic heterocycles. The molecule has 0 bridgehead atoms. The van der Waals surface area contributed by atoms with Crippen LogP contribution >= 0.6 is 0 Å². The predicted octanol–water partition coefficient (Wildman–Crippen LogP) is 4.96. The van der Waals surface area contributed by atoms with Crippen LogP contribution in [0, 0.1) is 46.3 Å². The average Bonchev–Trinajstić information content (AvgIpc) is 3.15. The van der Waals surface area contributed by atoms with Gasteiger partial charge in [-0.05, 0) is 104 Å². The summed E-state index contributed by atoms with van der Waals surface area (Å²) in [6.07, 6.45) is 12.0. The maximum atomic E-state index is 11.9. The van der Waals surface area contributed by atoms with Crippen LogP contribution in [0.5, 0.6) is 0 Å². The molecular weight excluding hydrogens is 398 g/mol. The zero-order valence-corrected chi connectivity index (χ0v) is 21.1. The Hall–Kier alpha value is -0.450. The lowest BCUT2D eigenvalue weighted by Crippen LogP contribution is -2.59. The van der Waals surface area contributed by atoms with E-state index in [0.29, 0.717) is 60.3 Å². The van der Waals surface area contributed by atoms with E-state index in [2.05, 4.69) is 26.1 Å². The highest BCUT2D eigenvalue weighted by Gasteiger charge is 2.63. The summed E-state index contributed by atoms with van der Waals surface area (Å²) in [5.41, 5.74) is 0.388. The molecule has 3 unspecified atom stereocenters. The summed E-state index contributed by atoms with van der Waals surface area (Å²) in [7, 11) is 0. The van der Waals surface area contributed by atoms with Crippen LogP contribution < -0.4 is 5.32 Å². The number of carbonyl (C=O) groups is 1. The number of nitrogens with one attached hydrogen (secondary N) is 1. The highest BCUT2D eigenvalue weighted by Crippen LogP contribution is 2.68. The van der Waals surface area contributed by atoms with E-state index in [4.69, 9.17) is 0 Å². The number of aliphatic hydroxyl groups is 2. The maximum Gasteiger partial charge on any atom is 0.132 e. The molecule has 0 radical (unpaired) electrons. The van der Waals surface area contributed by atoms with Gasteiger partial charge in [-0.15, -0.1) is 0 Å². The molecule has 184 valence electrons. The largest absolute Gasteiger partial charge is 0.395 e. The Morgan fingerprint density at radius 2 is 1.88 bits per heavy atom. The molecule has 0 aromatic rings. The minimum Gasteiger partial charge on any atom is -0.395 e. The second-order valence-electron chi connectivity index (χ2n) is 12.5. The van der Waals surface area contributed by atoms with Crippen molar-refractivity contribution in [1.82, 2.24) is 5.32 Å². The SMILES string of the molecule is CCC(=O)CC[C@@H](C)[C@H]1CCC2C3CC[C@@H]4C[C@H](NCCO)CC[C@]4(C)C3C[C@H](O)[C@@]21C. The normalized spacial score (nSPS) is 46.8. The van der Waals surface area contributed by atoms with Gasteiger partial charge in [0.25, 0.3) is 0 Å². The Morgan fingerprint density at radius 1 is 1.09 bits per heavy atom. The van der Waals surface area contributed by atoms with Gasteiger partial charge in [0.2, 0.25) is 0 Å². The lowest BCUT2D eigenvalue weighted by atomic mass is 9.43. The first kappa shape index (κ1) is 24.7. The van der Waals surface area contributed by atoms with Crippen molar-refractivity contribution in [2.24, 2.45) is 46.3 Å². The van der Waals surface area contributed by atoms with E-state index in [9.17, 15) is 15.0 Å². The zero-order valence-electron chi connectivity index (χ0n) is 21.1. The van der Waals surface area contributed by atoms with Gasteiger partial charge < -0.3 is 15.5 Å². The molecule has 3 N–H and O–H groups in total. The molecule has 0 amide bonds. The van der Waals surface area contributed by atoms with E-state index in [1.165, 1.54) is 44.9 Å². The molecule has 4 saturated carbocycles. The maximum absolute atomic E-state index is 11.9. The third-order valence-electron chi connectivity index (χ3n) is 11.3. The summed E-state index contributed by atoms with van der Waals surface area (Å²) in [6, 6.07) is 0.554. The lowest BCUT2D eigenvalue weighted by Gasteiger charge is -2.62. The zero-order chi connectivity index (χ0) is 23.1. The molecule has 0 heterocycles. The molecule has 4 heteroatoms. The summed E-state index contributed by atoms with van der Waals surface area (Å²) < 4.78 is 0. The van der Waals surface area contributed by atoms with Gasteiger partial charge in [0.05, 0.1) is 12.7 Å². The summed E-state index contributed by atoms with van der Waals surface area (Å²) in [4.78, 5) is 11.9. The van der Waals surface area contributed by atoms with Crippen molar-refractivity contribution in [3.63, 3.8) is 0 Å². The molecule has 4 rings (SSSR count). The smallest absolute Gasteiger partial charge is 0.132 e. The fourth-order valence-electron chi connectivity index (χ4n) is 9.40. The van der Waals surface area contributed by atoms with Crippen molar-refractivity contribution in [2.45, 2.75) is 110 Å². The quantitative estimate of drug-likeness (QED) is 0.492. The van der Waals surface area contributed by atoms with Gasteiger partial charge >= 0.3 is 0 Å². The van der Waals surface area contributed by atoms with E-state index in [1.54, 1.807) is 0 Å². The molecule has 4 aliphatic carbocycles. The van der Waals surface area contributed by atoms with E-state index >= 15 is 0 Å². The highest BCUT2D eigenvalue weighted by atomic mass is 16.3. The number of rotatable bonds is 8. The van der Waals surface area contributed by atoms with Crippen LogP contribution in [0.2, 0.25) is 0 Å². The Labute approximate surface area is 196 Å². The molecule has 0 aromatic heterocycles. The van der Waals surface area contributed by atoms with Crippen molar-refractivity contribution < 1.29 is 15.0 Å². The van der Waals surface area contributed by atoms with Gasteiger partial charge in [0, 0.05) is 25.4 Å². The van der Waals surface area contributed by atoms with Gasteiger partial charge in [-0.3, -0.25) is 4.79 Å². The van der Waals surface area contributed by atoms with Crippen LogP contribution in [0.3, 0.4) is 0 Å². The Kier molecular flexibility index (Phi) is 7.45. The number of Topliss-reactive ketones (excluding diaryl/α,β-unsaturated/α-hetero) is 1. The molecule has 0 saturated heterocycles. The molecular formula is C28H49NO3. The third-order valence-corrected chi connectivity index (χ3v) is 11.3. The number of hydrogen-bond donors (Lipinski definition) is 3. The summed E-state index contributed by atoms with van der Waals surface area (Å²) >= 11 is 0. The highest BCUT2D eigenvalue weighted by molar-refractivity contribution is 5.77. The van der Waals surface area contributed by atoms with Crippen LogP contribution in [0.15, 0.2) is 0 Å². The van der Waals surface area contributed by atoms with Crippen LogP contribution in [-0.4, -0.2) is 41.3 Å². The van der Waals surface area contributed by atoms with E-state index in [1.807, 2.05) is 6.92 Å². The molecule has 4 nitrogen and oxygen atoms in total. The van der Waals surface area contributed by atoms with Crippen molar-refractivity contribution >= 4 is 5.78 Å². The lowest BCUT2D eigenvalue weighted by molar-refractivity contribution is -0.169. The molecule has 32 heavy (non-hydrogen) atoms. The number of ketones is 1. The second-order valence-corrected chi connectivity index (χ2v) is 12.5.